The molecule has 3 rings (SSSR count). The van der Waals surface area contributed by atoms with Crippen molar-refractivity contribution < 1.29 is 23.9 Å². The van der Waals surface area contributed by atoms with Gasteiger partial charge in [-0.05, 0) is 12.1 Å². The fourth-order valence-corrected chi connectivity index (χ4v) is 2.77. The zero-order valence-electron chi connectivity index (χ0n) is 14.1. The summed E-state index contributed by atoms with van der Waals surface area (Å²) < 4.78 is 11.0. The van der Waals surface area contributed by atoms with E-state index in [4.69, 9.17) is 15.2 Å². The van der Waals surface area contributed by atoms with Crippen LogP contribution in [-0.4, -0.2) is 30.4 Å². The topological polar surface area (TPSA) is 98.9 Å². The number of esters is 1. The summed E-state index contributed by atoms with van der Waals surface area (Å²) in [6.45, 7) is 1.39. The maximum Gasteiger partial charge on any atom is 0.350 e. The first-order valence-electron chi connectivity index (χ1n) is 8.06. The van der Waals surface area contributed by atoms with E-state index < -0.39 is 24.1 Å². The second kappa shape index (κ2) is 7.26. The molecule has 0 aromatic heterocycles. The van der Waals surface area contributed by atoms with E-state index in [2.05, 4.69) is 0 Å². The Morgan fingerprint density at radius 3 is 2.42 bits per heavy atom. The Bertz CT molecular complexity index is 837. The fraction of sp³-hybridized carbons (Fsp3) is 0.211. The first-order valence-corrected chi connectivity index (χ1v) is 8.06. The molecule has 134 valence electrons. The number of anilines is 1. The number of carbonyl (C=O) groups is 3. The Hall–Kier alpha value is -3.35. The summed E-state index contributed by atoms with van der Waals surface area (Å²) in [7, 11) is 0. The van der Waals surface area contributed by atoms with Gasteiger partial charge < -0.3 is 20.1 Å². The lowest BCUT2D eigenvalue weighted by Gasteiger charge is -2.33. The molecule has 7 heteroatoms. The number of hydrogen-bond acceptors (Lipinski definition) is 5. The molecule has 0 unspecified atom stereocenters. The lowest BCUT2D eigenvalue weighted by Crippen LogP contribution is -2.47. The number of carbonyl (C=O) groups excluding carboxylic acids is 3. The highest BCUT2D eigenvalue weighted by molar-refractivity contribution is 5.95. The Morgan fingerprint density at radius 2 is 1.77 bits per heavy atom. The summed E-state index contributed by atoms with van der Waals surface area (Å²) in [5.74, 6) is -1.39. The lowest BCUT2D eigenvalue weighted by atomic mass is 10.1. The predicted octanol–water partition coefficient (Wildman–Crippen LogP) is 1.57. The van der Waals surface area contributed by atoms with Crippen molar-refractivity contribution in [2.24, 2.45) is 5.73 Å². The average molecular weight is 354 g/mol. The number of hydrogen-bond donors (Lipinski definition) is 1. The molecular weight excluding hydrogens is 336 g/mol. The van der Waals surface area contributed by atoms with Gasteiger partial charge in [0.2, 0.25) is 18.1 Å². The second-order valence-electron chi connectivity index (χ2n) is 5.83. The fourth-order valence-electron chi connectivity index (χ4n) is 2.77. The number of ether oxygens (including phenoxy) is 2. The molecular formula is C19H18N2O5. The van der Waals surface area contributed by atoms with Crippen molar-refractivity contribution in [1.82, 2.24) is 0 Å². The van der Waals surface area contributed by atoms with Gasteiger partial charge in [0.15, 0.2) is 0 Å². The van der Waals surface area contributed by atoms with Gasteiger partial charge in [-0.1, -0.05) is 42.5 Å². The van der Waals surface area contributed by atoms with Crippen LogP contribution >= 0.6 is 0 Å². The zero-order chi connectivity index (χ0) is 18.7. The zero-order valence-corrected chi connectivity index (χ0v) is 14.1. The van der Waals surface area contributed by atoms with Crippen LogP contribution in [0.2, 0.25) is 0 Å². The molecule has 0 bridgehead atoms. The maximum absolute atomic E-state index is 12.6. The van der Waals surface area contributed by atoms with Gasteiger partial charge in [0.05, 0.1) is 12.2 Å². The largest absolute Gasteiger partial charge is 0.475 e. The molecule has 2 aromatic carbocycles. The smallest absolute Gasteiger partial charge is 0.350 e. The number of benzene rings is 2. The van der Waals surface area contributed by atoms with Gasteiger partial charge in [0.25, 0.3) is 5.91 Å². The highest BCUT2D eigenvalue weighted by atomic mass is 16.6. The van der Waals surface area contributed by atoms with Crippen LogP contribution in [-0.2, 0) is 19.1 Å². The van der Waals surface area contributed by atoms with Crippen molar-refractivity contribution in [2.45, 2.75) is 19.1 Å². The monoisotopic (exact) mass is 354 g/mol. The number of rotatable bonds is 4. The SMILES string of the molecule is CC(=O)N1C[C@@H](C(=O)O[C@H](C(N)=O)c2ccccc2)Oc2ccccc21. The van der Waals surface area contributed by atoms with Crippen molar-refractivity contribution in [3.05, 3.63) is 60.2 Å². The number of amides is 2. The molecule has 2 aromatic rings. The van der Waals surface area contributed by atoms with Gasteiger partial charge >= 0.3 is 5.97 Å². The summed E-state index contributed by atoms with van der Waals surface area (Å²) >= 11 is 0. The third-order valence-electron chi connectivity index (χ3n) is 4.01. The molecule has 1 aliphatic heterocycles. The summed E-state index contributed by atoms with van der Waals surface area (Å²) in [6.07, 6.45) is -2.28. The second-order valence-corrected chi connectivity index (χ2v) is 5.83. The van der Waals surface area contributed by atoms with E-state index in [1.54, 1.807) is 54.6 Å². The van der Waals surface area contributed by atoms with Gasteiger partial charge in [-0.2, -0.15) is 0 Å². The molecule has 26 heavy (non-hydrogen) atoms. The first-order chi connectivity index (χ1) is 12.5. The Labute approximate surface area is 150 Å². The molecule has 0 fully saturated rings. The Morgan fingerprint density at radius 1 is 1.12 bits per heavy atom. The number of fused-ring (bicyclic) bond motifs is 1. The Kier molecular flexibility index (Phi) is 4.88. The van der Waals surface area contributed by atoms with E-state index in [0.717, 1.165) is 0 Å². The predicted molar refractivity (Wildman–Crippen MR) is 93.4 cm³/mol. The minimum absolute atomic E-state index is 0.00848. The number of primary amides is 1. The van der Waals surface area contributed by atoms with Crippen molar-refractivity contribution >= 4 is 23.5 Å². The first kappa shape index (κ1) is 17.5. The summed E-state index contributed by atoms with van der Waals surface area (Å²) in [4.78, 5) is 37.7. The van der Waals surface area contributed by atoms with Crippen LogP contribution in [0, 0.1) is 0 Å². The van der Waals surface area contributed by atoms with Crippen molar-refractivity contribution in [3.8, 4) is 5.75 Å². The van der Waals surface area contributed by atoms with Crippen LogP contribution in [0.25, 0.3) is 0 Å². The minimum Gasteiger partial charge on any atom is -0.475 e. The number of para-hydroxylation sites is 2. The molecule has 7 nitrogen and oxygen atoms in total. The molecule has 2 atom stereocenters. The van der Waals surface area contributed by atoms with Gasteiger partial charge in [-0.25, -0.2) is 4.79 Å². The normalized spacial score (nSPS) is 16.8. The van der Waals surface area contributed by atoms with Crippen LogP contribution in [0.3, 0.4) is 0 Å². The van der Waals surface area contributed by atoms with Crippen molar-refractivity contribution in [2.75, 3.05) is 11.4 Å². The molecule has 0 aliphatic carbocycles. The molecule has 1 aliphatic rings. The lowest BCUT2D eigenvalue weighted by molar-refractivity contribution is -0.162. The standard InChI is InChI=1S/C19H18N2O5/c1-12(22)21-11-16(25-15-10-6-5-9-14(15)21)19(24)26-17(18(20)23)13-7-3-2-4-8-13/h2-10,16-17H,11H2,1H3,(H2,20,23)/t16-,17-/m0/s1. The third-order valence-corrected chi connectivity index (χ3v) is 4.01. The van der Waals surface area contributed by atoms with E-state index in [0.29, 0.717) is 17.0 Å². The van der Waals surface area contributed by atoms with E-state index in [9.17, 15) is 14.4 Å². The average Bonchev–Trinajstić information content (AvgIpc) is 2.65. The number of nitrogens with two attached hydrogens (primary N) is 1. The van der Waals surface area contributed by atoms with Gasteiger partial charge in [0, 0.05) is 12.5 Å². The van der Waals surface area contributed by atoms with Gasteiger partial charge in [-0.15, -0.1) is 0 Å². The van der Waals surface area contributed by atoms with Crippen molar-refractivity contribution in [3.63, 3.8) is 0 Å². The molecule has 0 saturated heterocycles. The van der Waals surface area contributed by atoms with Crippen molar-refractivity contribution in [1.29, 1.82) is 0 Å². The van der Waals surface area contributed by atoms with E-state index in [-0.39, 0.29) is 12.5 Å². The third kappa shape index (κ3) is 3.51. The van der Waals surface area contributed by atoms with E-state index >= 15 is 0 Å². The van der Waals surface area contributed by atoms with Gasteiger partial charge in [0.1, 0.15) is 5.75 Å². The van der Waals surface area contributed by atoms with E-state index in [1.807, 2.05) is 0 Å². The summed E-state index contributed by atoms with van der Waals surface area (Å²) in [5.41, 5.74) is 6.42. The molecule has 2 N–H and O–H groups in total. The highest BCUT2D eigenvalue weighted by Gasteiger charge is 2.35. The molecule has 0 spiro atoms. The van der Waals surface area contributed by atoms with Crippen LogP contribution in [0.1, 0.15) is 18.6 Å². The molecule has 0 saturated carbocycles. The quantitative estimate of drug-likeness (QED) is 0.840. The van der Waals surface area contributed by atoms with Crippen LogP contribution in [0.4, 0.5) is 5.69 Å². The number of nitrogens with zero attached hydrogens (tertiary/aromatic N) is 1. The highest BCUT2D eigenvalue weighted by Crippen LogP contribution is 2.33. The van der Waals surface area contributed by atoms with Crippen LogP contribution in [0.5, 0.6) is 5.75 Å². The molecule has 0 radical (unpaired) electrons. The van der Waals surface area contributed by atoms with Gasteiger partial charge in [-0.3, -0.25) is 9.59 Å². The molecule has 2 amide bonds. The minimum atomic E-state index is -1.23. The summed E-state index contributed by atoms with van der Waals surface area (Å²) in [5, 5.41) is 0. The Balaban J connectivity index is 1.81. The van der Waals surface area contributed by atoms with E-state index in [1.165, 1.54) is 11.8 Å². The van der Waals surface area contributed by atoms with Crippen LogP contribution in [0.15, 0.2) is 54.6 Å². The van der Waals surface area contributed by atoms with Crippen LogP contribution < -0.4 is 15.4 Å². The maximum atomic E-state index is 12.6. The molecule has 1 heterocycles. The summed E-state index contributed by atoms with van der Waals surface area (Å²) in [6, 6.07) is 15.4.